The predicted octanol–water partition coefficient (Wildman–Crippen LogP) is 5.96. The highest BCUT2D eigenvalue weighted by Gasteiger charge is 2.33. The van der Waals surface area contributed by atoms with E-state index >= 15 is 0 Å². The van der Waals surface area contributed by atoms with Gasteiger partial charge in [0.2, 0.25) is 0 Å². The maximum absolute atomic E-state index is 13.4. The van der Waals surface area contributed by atoms with Gasteiger partial charge in [-0.05, 0) is 49.7 Å². The zero-order chi connectivity index (χ0) is 24.7. The van der Waals surface area contributed by atoms with Crippen molar-refractivity contribution in [3.8, 4) is 5.75 Å². The van der Waals surface area contributed by atoms with Crippen LogP contribution in [0.5, 0.6) is 5.75 Å². The monoisotopic (exact) mass is 466 g/mol. The molecule has 0 bridgehead atoms. The normalized spacial score (nSPS) is 15.9. The summed E-state index contributed by atoms with van der Waals surface area (Å²) in [5.41, 5.74) is 5.61. The molecule has 176 valence electrons. The number of hydrogen-bond acceptors (Lipinski definition) is 5. The Labute approximate surface area is 203 Å². The van der Waals surface area contributed by atoms with E-state index in [4.69, 9.17) is 9.57 Å². The summed E-state index contributed by atoms with van der Waals surface area (Å²) in [5, 5.41) is 5.96. The van der Waals surface area contributed by atoms with Gasteiger partial charge in [-0.2, -0.15) is 0 Å². The number of oxime groups is 1. The molecule has 0 aliphatic carbocycles. The lowest BCUT2D eigenvalue weighted by Crippen LogP contribution is -2.21. The molecule has 1 aliphatic rings. The van der Waals surface area contributed by atoms with Crippen molar-refractivity contribution >= 4 is 39.3 Å². The number of fused-ring (bicyclic) bond motifs is 5. The number of aryl methyl sites for hydroxylation is 2. The molecule has 4 aromatic rings. The van der Waals surface area contributed by atoms with Gasteiger partial charge in [0.1, 0.15) is 17.6 Å². The topological polar surface area (TPSA) is 69.9 Å². The van der Waals surface area contributed by atoms with Crippen LogP contribution >= 0.6 is 0 Å². The van der Waals surface area contributed by atoms with Gasteiger partial charge in [0, 0.05) is 47.5 Å². The maximum Gasteiger partial charge on any atom is 0.331 e. The molecule has 0 amide bonds. The Morgan fingerprint density at radius 2 is 1.91 bits per heavy atom. The Kier molecular flexibility index (Phi) is 5.73. The molecule has 6 heteroatoms. The van der Waals surface area contributed by atoms with E-state index in [0.29, 0.717) is 29.0 Å². The second-order valence-corrected chi connectivity index (χ2v) is 8.65. The van der Waals surface area contributed by atoms with Crippen LogP contribution in [0.4, 0.5) is 0 Å². The van der Waals surface area contributed by atoms with Gasteiger partial charge in [0.25, 0.3) is 0 Å². The second-order valence-electron chi connectivity index (χ2n) is 8.65. The van der Waals surface area contributed by atoms with E-state index in [0.717, 1.165) is 39.5 Å². The largest absolute Gasteiger partial charge is 0.482 e. The van der Waals surface area contributed by atoms with Crippen molar-refractivity contribution in [2.75, 3.05) is 0 Å². The fourth-order valence-corrected chi connectivity index (χ4v) is 4.85. The van der Waals surface area contributed by atoms with Gasteiger partial charge in [-0.3, -0.25) is 4.79 Å². The maximum atomic E-state index is 13.4. The van der Waals surface area contributed by atoms with Gasteiger partial charge in [-0.15, -0.1) is 6.58 Å². The van der Waals surface area contributed by atoms with Gasteiger partial charge in [0.15, 0.2) is 5.78 Å². The highest BCUT2D eigenvalue weighted by molar-refractivity contribution is 6.20. The first-order valence-corrected chi connectivity index (χ1v) is 11.7. The van der Waals surface area contributed by atoms with Crippen molar-refractivity contribution in [1.82, 2.24) is 4.57 Å². The van der Waals surface area contributed by atoms with Gasteiger partial charge < -0.3 is 14.1 Å². The van der Waals surface area contributed by atoms with E-state index < -0.39 is 12.1 Å². The molecular weight excluding hydrogens is 440 g/mol. The third kappa shape index (κ3) is 3.71. The molecule has 0 spiro atoms. The zero-order valence-corrected chi connectivity index (χ0v) is 20.0. The van der Waals surface area contributed by atoms with Crippen molar-refractivity contribution < 1.29 is 19.2 Å². The molecule has 0 fully saturated rings. The van der Waals surface area contributed by atoms with Gasteiger partial charge in [-0.1, -0.05) is 35.5 Å². The van der Waals surface area contributed by atoms with Crippen LogP contribution in [0.1, 0.15) is 47.3 Å². The summed E-state index contributed by atoms with van der Waals surface area (Å²) in [6.07, 6.45) is 1.86. The summed E-state index contributed by atoms with van der Waals surface area (Å²) >= 11 is 0. The second kappa shape index (κ2) is 8.87. The number of hydrogen-bond donors (Lipinski definition) is 0. The van der Waals surface area contributed by atoms with Crippen molar-refractivity contribution in [1.29, 1.82) is 0 Å². The number of nitrogens with zero attached hydrogens (tertiary/aromatic N) is 2. The molecule has 0 saturated carbocycles. The number of rotatable bonds is 6. The summed E-state index contributed by atoms with van der Waals surface area (Å²) in [6.45, 7) is 9.94. The van der Waals surface area contributed by atoms with Crippen molar-refractivity contribution in [3.05, 3.63) is 89.5 Å². The third-order valence-corrected chi connectivity index (χ3v) is 6.45. The lowest BCUT2D eigenvalue weighted by molar-refractivity contribution is -0.140. The lowest BCUT2D eigenvalue weighted by atomic mass is 9.97. The molecule has 1 aliphatic heterocycles. The number of ketones is 1. The smallest absolute Gasteiger partial charge is 0.331 e. The number of carbonyl (C=O) groups is 2. The minimum absolute atomic E-state index is 0.0162. The number of aromatic nitrogens is 1. The lowest BCUT2D eigenvalue weighted by Gasteiger charge is -2.08. The van der Waals surface area contributed by atoms with E-state index in [-0.39, 0.29) is 5.78 Å². The molecule has 2 heterocycles. The van der Waals surface area contributed by atoms with Crippen molar-refractivity contribution in [3.63, 3.8) is 0 Å². The molecular formula is C29H26N2O4. The molecule has 1 aromatic heterocycles. The van der Waals surface area contributed by atoms with Crippen LogP contribution in [0.25, 0.3) is 21.8 Å². The van der Waals surface area contributed by atoms with Crippen LogP contribution in [0.2, 0.25) is 0 Å². The summed E-state index contributed by atoms with van der Waals surface area (Å²) < 4.78 is 8.59. The summed E-state index contributed by atoms with van der Waals surface area (Å²) in [6, 6.07) is 17.4. The van der Waals surface area contributed by atoms with Crippen molar-refractivity contribution in [2.24, 2.45) is 5.16 Å². The van der Waals surface area contributed by atoms with Crippen LogP contribution in [-0.4, -0.2) is 28.1 Å². The molecule has 35 heavy (non-hydrogen) atoms. The minimum atomic E-state index is -0.494. The number of carbonyl (C=O) groups excluding carboxylic acids is 2. The molecule has 1 unspecified atom stereocenters. The Bertz CT molecular complexity index is 1540. The Hall–Kier alpha value is -4.19. The van der Waals surface area contributed by atoms with E-state index in [9.17, 15) is 9.59 Å². The molecule has 6 nitrogen and oxygen atoms in total. The third-order valence-electron chi connectivity index (χ3n) is 6.45. The van der Waals surface area contributed by atoms with Crippen LogP contribution in [-0.2, 0) is 16.2 Å². The van der Waals surface area contributed by atoms with Gasteiger partial charge >= 0.3 is 5.97 Å². The Morgan fingerprint density at radius 3 is 2.63 bits per heavy atom. The average molecular weight is 467 g/mol. The number of benzene rings is 3. The fraction of sp³-hybridized carbons (Fsp3) is 0.207. The first-order chi connectivity index (χ1) is 16.9. The SMILES string of the molecule is C=CCC1Oc2c(ccc3c2c2cc(C(=O)c4ccccc4C)ccc2n3CC)/C1=N/OC(C)=O. The van der Waals surface area contributed by atoms with Crippen LogP contribution in [0.3, 0.4) is 0 Å². The molecule has 0 saturated heterocycles. The Morgan fingerprint density at radius 1 is 1.14 bits per heavy atom. The first-order valence-electron chi connectivity index (χ1n) is 11.7. The van der Waals surface area contributed by atoms with E-state index in [1.54, 1.807) is 6.08 Å². The van der Waals surface area contributed by atoms with Gasteiger partial charge in [0.05, 0.1) is 10.9 Å². The highest BCUT2D eigenvalue weighted by Crippen LogP contribution is 2.43. The average Bonchev–Trinajstić information content (AvgIpc) is 3.36. The quantitative estimate of drug-likeness (QED) is 0.152. The number of ether oxygens (including phenoxy) is 1. The van der Waals surface area contributed by atoms with Crippen LogP contribution in [0, 0.1) is 6.92 Å². The minimum Gasteiger partial charge on any atom is -0.482 e. The standard InChI is InChI=1S/C29H26N2O4/c1-5-9-25-27(30-35-18(4)32)21-13-15-24-26(29(21)34-25)22-16-19(12-14-23(22)31(24)6-2)28(33)20-11-8-7-10-17(20)3/h5,7-8,10-16,25H,1,6,9H2,2-4H3/b30-27-. The zero-order valence-electron chi connectivity index (χ0n) is 20.0. The molecule has 0 radical (unpaired) electrons. The van der Waals surface area contributed by atoms with Gasteiger partial charge in [-0.25, -0.2) is 4.79 Å². The molecule has 1 atom stereocenters. The van der Waals surface area contributed by atoms with Crippen molar-refractivity contribution in [2.45, 2.75) is 39.8 Å². The highest BCUT2D eigenvalue weighted by atomic mass is 16.7. The molecule has 5 rings (SSSR count). The van der Waals surface area contributed by atoms with Crippen LogP contribution < -0.4 is 4.74 Å². The van der Waals surface area contributed by atoms with E-state index in [2.05, 4.69) is 23.2 Å². The van der Waals surface area contributed by atoms with E-state index in [1.165, 1.54) is 6.92 Å². The molecule has 3 aromatic carbocycles. The summed E-state index contributed by atoms with van der Waals surface area (Å²) in [5.74, 6) is 0.168. The predicted molar refractivity (Wildman–Crippen MR) is 137 cm³/mol. The first kappa shape index (κ1) is 22.6. The Balaban J connectivity index is 1.74. The van der Waals surface area contributed by atoms with E-state index in [1.807, 2.05) is 61.5 Å². The summed E-state index contributed by atoms with van der Waals surface area (Å²) in [7, 11) is 0. The van der Waals surface area contributed by atoms with Crippen LogP contribution in [0.15, 0.2) is 72.4 Å². The molecule has 0 N–H and O–H groups in total. The summed E-state index contributed by atoms with van der Waals surface area (Å²) in [4.78, 5) is 29.8. The fourth-order valence-electron chi connectivity index (χ4n) is 4.85.